The van der Waals surface area contributed by atoms with Gasteiger partial charge in [0, 0.05) is 13.1 Å². The van der Waals surface area contributed by atoms with Gasteiger partial charge in [-0.2, -0.15) is 5.26 Å². The molecule has 0 radical (unpaired) electrons. The Hall–Kier alpha value is -2.07. The first-order chi connectivity index (χ1) is 12.5. The van der Waals surface area contributed by atoms with Gasteiger partial charge >= 0.3 is 5.97 Å². The van der Waals surface area contributed by atoms with E-state index in [0.717, 1.165) is 12.8 Å². The number of nitrogens with zero attached hydrogens (tertiary/aromatic N) is 3. The largest absolute Gasteiger partial charge is 0.462 e. The molecule has 1 aromatic heterocycles. The Balaban J connectivity index is 2.06. The van der Waals surface area contributed by atoms with Crippen molar-refractivity contribution in [3.63, 3.8) is 0 Å². The second-order valence-electron chi connectivity index (χ2n) is 6.39. The van der Waals surface area contributed by atoms with E-state index < -0.39 is 5.97 Å². The van der Waals surface area contributed by atoms with Crippen molar-refractivity contribution < 1.29 is 14.3 Å². The van der Waals surface area contributed by atoms with Gasteiger partial charge in [-0.05, 0) is 32.8 Å². The summed E-state index contributed by atoms with van der Waals surface area (Å²) in [6.45, 7) is 3.69. The zero-order valence-electron chi connectivity index (χ0n) is 15.6. The van der Waals surface area contributed by atoms with Gasteiger partial charge in [-0.15, -0.1) is 0 Å². The van der Waals surface area contributed by atoms with E-state index in [1.165, 1.54) is 37.1 Å². The van der Waals surface area contributed by atoms with Crippen LogP contribution in [0.5, 0.6) is 0 Å². The second kappa shape index (κ2) is 9.58. The molecule has 2 rings (SSSR count). The first-order valence-corrected chi connectivity index (χ1v) is 9.93. The van der Waals surface area contributed by atoms with Crippen molar-refractivity contribution in [2.75, 3.05) is 19.4 Å². The lowest BCUT2D eigenvalue weighted by Crippen LogP contribution is -2.39. The van der Waals surface area contributed by atoms with Crippen molar-refractivity contribution >= 4 is 23.6 Å². The molecule has 1 fully saturated rings. The first-order valence-electron chi connectivity index (χ1n) is 8.95. The fraction of sp³-hybridized carbons (Fsp3) is 0.579. The fourth-order valence-corrected chi connectivity index (χ4v) is 4.02. The number of hydrogen-bond donors (Lipinski definition) is 0. The molecule has 7 heteroatoms. The molecule has 0 bridgehead atoms. The van der Waals surface area contributed by atoms with Gasteiger partial charge in [0.15, 0.2) is 0 Å². The van der Waals surface area contributed by atoms with Crippen LogP contribution < -0.4 is 0 Å². The van der Waals surface area contributed by atoms with Crippen LogP contribution in [0.4, 0.5) is 0 Å². The van der Waals surface area contributed by atoms with Gasteiger partial charge < -0.3 is 9.64 Å². The minimum Gasteiger partial charge on any atom is -0.462 e. The van der Waals surface area contributed by atoms with Crippen molar-refractivity contribution in [2.45, 2.75) is 57.0 Å². The highest BCUT2D eigenvalue weighted by Crippen LogP contribution is 2.26. The highest BCUT2D eigenvalue weighted by atomic mass is 32.2. The Morgan fingerprint density at radius 2 is 2.08 bits per heavy atom. The van der Waals surface area contributed by atoms with Crippen LogP contribution >= 0.6 is 11.8 Å². The SMILES string of the molecule is CCOC(=O)c1cc(C#N)c(SCC(=O)N(C)C2CCCCC2)nc1C. The number of hydrogen-bond acceptors (Lipinski definition) is 6. The monoisotopic (exact) mass is 375 g/mol. The number of aryl methyl sites for hydroxylation is 1. The third-order valence-electron chi connectivity index (χ3n) is 4.64. The van der Waals surface area contributed by atoms with Gasteiger partial charge in [0.25, 0.3) is 0 Å². The molecule has 0 aliphatic heterocycles. The quantitative estimate of drug-likeness (QED) is 0.560. The number of carbonyl (C=O) groups is 2. The topological polar surface area (TPSA) is 83.3 Å². The predicted octanol–water partition coefficient (Wildman–Crippen LogP) is 3.32. The first kappa shape index (κ1) is 20.2. The highest BCUT2D eigenvalue weighted by molar-refractivity contribution is 8.00. The van der Waals surface area contributed by atoms with Crippen LogP contribution in [-0.4, -0.2) is 47.2 Å². The molecule has 0 saturated heterocycles. The van der Waals surface area contributed by atoms with E-state index in [1.54, 1.807) is 13.8 Å². The summed E-state index contributed by atoms with van der Waals surface area (Å²) in [6.07, 6.45) is 5.70. The molecule has 1 saturated carbocycles. The molecule has 6 nitrogen and oxygen atoms in total. The van der Waals surface area contributed by atoms with Crippen LogP contribution in [0.2, 0.25) is 0 Å². The number of aromatic nitrogens is 1. The van der Waals surface area contributed by atoms with E-state index in [2.05, 4.69) is 11.1 Å². The summed E-state index contributed by atoms with van der Waals surface area (Å²) in [6, 6.07) is 3.87. The number of carbonyl (C=O) groups excluding carboxylic acids is 2. The summed E-state index contributed by atoms with van der Waals surface area (Å²) in [5.41, 5.74) is 1.08. The average Bonchev–Trinajstić information content (AvgIpc) is 2.66. The third-order valence-corrected chi connectivity index (χ3v) is 5.62. The van der Waals surface area contributed by atoms with Gasteiger partial charge in [0.05, 0.1) is 29.2 Å². The Bertz CT molecular complexity index is 709. The van der Waals surface area contributed by atoms with E-state index >= 15 is 0 Å². The molecule has 26 heavy (non-hydrogen) atoms. The number of pyridine rings is 1. The van der Waals surface area contributed by atoms with Crippen molar-refractivity contribution in [1.82, 2.24) is 9.88 Å². The van der Waals surface area contributed by atoms with Crippen LogP contribution in [-0.2, 0) is 9.53 Å². The van der Waals surface area contributed by atoms with Crippen LogP contribution in [0.15, 0.2) is 11.1 Å². The molecule has 1 aliphatic carbocycles. The maximum absolute atomic E-state index is 12.5. The molecule has 0 atom stereocenters. The fourth-order valence-electron chi connectivity index (χ4n) is 3.09. The van der Waals surface area contributed by atoms with E-state index in [-0.39, 0.29) is 23.8 Å². The summed E-state index contributed by atoms with van der Waals surface area (Å²) in [7, 11) is 1.85. The maximum atomic E-state index is 12.5. The Labute approximate surface area is 158 Å². The molecule has 1 heterocycles. The summed E-state index contributed by atoms with van der Waals surface area (Å²) >= 11 is 1.24. The van der Waals surface area contributed by atoms with E-state index in [4.69, 9.17) is 4.74 Å². The van der Waals surface area contributed by atoms with Gasteiger partial charge in [-0.25, -0.2) is 9.78 Å². The predicted molar refractivity (Wildman–Crippen MR) is 100 cm³/mol. The lowest BCUT2D eigenvalue weighted by atomic mass is 9.94. The number of thioether (sulfide) groups is 1. The van der Waals surface area contributed by atoms with E-state index in [9.17, 15) is 14.9 Å². The molecule has 140 valence electrons. The van der Waals surface area contributed by atoms with Crippen LogP contribution in [0, 0.1) is 18.3 Å². The zero-order valence-corrected chi connectivity index (χ0v) is 16.4. The minimum absolute atomic E-state index is 0.0414. The number of nitriles is 1. The smallest absolute Gasteiger partial charge is 0.340 e. The highest BCUT2D eigenvalue weighted by Gasteiger charge is 2.23. The Morgan fingerprint density at radius 1 is 1.38 bits per heavy atom. The molecule has 0 spiro atoms. The van der Waals surface area contributed by atoms with Gasteiger partial charge in [-0.3, -0.25) is 4.79 Å². The number of amides is 1. The summed E-state index contributed by atoms with van der Waals surface area (Å²) in [5.74, 6) is -0.217. The molecule has 1 aliphatic rings. The van der Waals surface area contributed by atoms with Crippen LogP contribution in [0.25, 0.3) is 0 Å². The average molecular weight is 375 g/mol. The molecule has 0 unspecified atom stereocenters. The van der Waals surface area contributed by atoms with Crippen molar-refractivity contribution in [1.29, 1.82) is 5.26 Å². The van der Waals surface area contributed by atoms with Crippen molar-refractivity contribution in [2.24, 2.45) is 0 Å². The van der Waals surface area contributed by atoms with Gasteiger partial charge in [0.2, 0.25) is 5.91 Å². The molecule has 0 N–H and O–H groups in total. The van der Waals surface area contributed by atoms with Crippen LogP contribution in [0.1, 0.15) is 60.6 Å². The summed E-state index contributed by atoms with van der Waals surface area (Å²) in [4.78, 5) is 30.6. The van der Waals surface area contributed by atoms with Gasteiger partial charge in [0.1, 0.15) is 11.1 Å². The minimum atomic E-state index is -0.487. The molecule has 1 aromatic rings. The molecule has 1 amide bonds. The summed E-state index contributed by atoms with van der Waals surface area (Å²) in [5, 5.41) is 9.85. The molecular formula is C19H25N3O3S. The molecule has 0 aromatic carbocycles. The Kier molecular flexibility index (Phi) is 7.46. The van der Waals surface area contributed by atoms with E-state index in [0.29, 0.717) is 22.3 Å². The standard InChI is InChI=1S/C19H25N3O3S/c1-4-25-19(24)16-10-14(11-20)18(21-13(16)2)26-12-17(23)22(3)15-8-6-5-7-9-15/h10,15H,4-9,12H2,1-3H3. The number of rotatable bonds is 6. The van der Waals surface area contributed by atoms with Crippen LogP contribution in [0.3, 0.4) is 0 Å². The normalized spacial score (nSPS) is 14.5. The lowest BCUT2D eigenvalue weighted by molar-refractivity contribution is -0.129. The lowest BCUT2D eigenvalue weighted by Gasteiger charge is -2.31. The van der Waals surface area contributed by atoms with E-state index in [1.807, 2.05) is 11.9 Å². The Morgan fingerprint density at radius 3 is 2.69 bits per heavy atom. The van der Waals surface area contributed by atoms with Crippen molar-refractivity contribution in [3.8, 4) is 6.07 Å². The molecular weight excluding hydrogens is 350 g/mol. The van der Waals surface area contributed by atoms with Crippen molar-refractivity contribution in [3.05, 3.63) is 22.9 Å². The number of ether oxygens (including phenoxy) is 1. The third kappa shape index (κ3) is 4.98. The zero-order chi connectivity index (χ0) is 19.1. The second-order valence-corrected chi connectivity index (χ2v) is 7.36. The maximum Gasteiger partial charge on any atom is 0.340 e. The van der Waals surface area contributed by atoms with Gasteiger partial charge in [-0.1, -0.05) is 31.0 Å². The summed E-state index contributed by atoms with van der Waals surface area (Å²) < 4.78 is 4.99. The number of esters is 1.